The van der Waals surface area contributed by atoms with Gasteiger partial charge in [0.05, 0.1) is 17.5 Å². The van der Waals surface area contributed by atoms with Gasteiger partial charge in [-0.1, -0.05) is 25.6 Å². The molecule has 1 aromatic rings. The zero-order valence-electron chi connectivity index (χ0n) is 17.7. The van der Waals surface area contributed by atoms with Crippen molar-refractivity contribution in [1.29, 1.82) is 0 Å². The molecule has 2 saturated heterocycles. The quantitative estimate of drug-likeness (QED) is 0.649. The molecule has 2 heterocycles. The summed E-state index contributed by atoms with van der Waals surface area (Å²) in [5.41, 5.74) is 2.03. The monoisotopic (exact) mass is 437 g/mol. The number of nitrogens with zero attached hydrogens (tertiary/aromatic N) is 3. The first-order valence-corrected chi connectivity index (χ1v) is 13.2. The average molecular weight is 438 g/mol. The van der Waals surface area contributed by atoms with Gasteiger partial charge in [-0.2, -0.15) is 4.99 Å². The van der Waals surface area contributed by atoms with E-state index in [4.69, 9.17) is 0 Å². The maximum atomic E-state index is 12.7. The predicted octanol–water partition coefficient (Wildman–Crippen LogP) is 3.57. The second kappa shape index (κ2) is 9.08. The highest BCUT2D eigenvalue weighted by atomic mass is 32.2. The first-order chi connectivity index (χ1) is 13.8. The zero-order chi connectivity index (χ0) is 21.2. The number of thioether (sulfide) groups is 1. The number of sulfone groups is 1. The number of hydrogen-bond acceptors (Lipinski definition) is 5. The Hall–Kier alpha value is -1.54. The SMILES string of the molecule is CCC(CC)C(=O)N=C1S[C@@H]2CS(=O)(=O)C[C@@H]2N1c1ccc(N(CC)CC)cc1. The molecule has 2 fully saturated rings. The van der Waals surface area contributed by atoms with Gasteiger partial charge in [0.25, 0.3) is 5.91 Å². The first kappa shape index (κ1) is 22.2. The van der Waals surface area contributed by atoms with Gasteiger partial charge in [0.15, 0.2) is 15.0 Å². The van der Waals surface area contributed by atoms with Crippen molar-refractivity contribution in [3.8, 4) is 0 Å². The number of amides is 1. The van der Waals surface area contributed by atoms with Crippen LogP contribution in [0.25, 0.3) is 0 Å². The molecule has 29 heavy (non-hydrogen) atoms. The van der Waals surface area contributed by atoms with E-state index in [0.29, 0.717) is 5.17 Å². The van der Waals surface area contributed by atoms with E-state index >= 15 is 0 Å². The smallest absolute Gasteiger partial charge is 0.251 e. The summed E-state index contributed by atoms with van der Waals surface area (Å²) in [7, 11) is -3.06. The maximum absolute atomic E-state index is 12.7. The van der Waals surface area contributed by atoms with Gasteiger partial charge in [-0.15, -0.1) is 0 Å². The zero-order valence-corrected chi connectivity index (χ0v) is 19.3. The van der Waals surface area contributed by atoms with Crippen molar-refractivity contribution in [1.82, 2.24) is 0 Å². The Bertz CT molecular complexity index is 860. The Morgan fingerprint density at radius 2 is 1.76 bits per heavy atom. The summed E-state index contributed by atoms with van der Waals surface area (Å²) in [5, 5.41) is 0.568. The standard InChI is InChI=1S/C21H31N3O3S2/c1-5-15(6-2)20(25)22-21-24(18-13-29(26,27)14-19(18)28-21)17-11-9-16(10-12-17)23(7-3)8-4/h9-12,15,18-19H,5-8,13-14H2,1-4H3/t18-,19+/m0/s1. The third kappa shape index (κ3) is 4.63. The van der Waals surface area contributed by atoms with E-state index in [1.165, 1.54) is 11.8 Å². The summed E-state index contributed by atoms with van der Waals surface area (Å²) in [4.78, 5) is 21.4. The number of amidine groups is 1. The van der Waals surface area contributed by atoms with Crippen LogP contribution in [0.2, 0.25) is 0 Å². The van der Waals surface area contributed by atoms with Crippen LogP contribution in [0.3, 0.4) is 0 Å². The van der Waals surface area contributed by atoms with Gasteiger partial charge in [0, 0.05) is 35.6 Å². The average Bonchev–Trinajstić information content (AvgIpc) is 3.15. The molecular weight excluding hydrogens is 406 g/mol. The minimum absolute atomic E-state index is 0.0734. The molecule has 6 nitrogen and oxygen atoms in total. The lowest BCUT2D eigenvalue weighted by Gasteiger charge is -2.26. The minimum Gasteiger partial charge on any atom is -0.372 e. The van der Waals surface area contributed by atoms with Crippen molar-refractivity contribution in [2.75, 3.05) is 34.4 Å². The summed E-state index contributed by atoms with van der Waals surface area (Å²) < 4.78 is 24.4. The fourth-order valence-corrected chi connectivity index (χ4v) is 8.02. The highest BCUT2D eigenvalue weighted by molar-refractivity contribution is 8.16. The van der Waals surface area contributed by atoms with E-state index in [2.05, 4.69) is 35.9 Å². The van der Waals surface area contributed by atoms with Crippen LogP contribution in [0.15, 0.2) is 29.3 Å². The summed E-state index contributed by atoms with van der Waals surface area (Å²) in [6, 6.07) is 7.98. The van der Waals surface area contributed by atoms with Crippen LogP contribution in [-0.2, 0) is 14.6 Å². The Balaban J connectivity index is 1.95. The Kier molecular flexibility index (Phi) is 6.94. The van der Waals surface area contributed by atoms with Crippen LogP contribution < -0.4 is 9.80 Å². The summed E-state index contributed by atoms with van der Waals surface area (Å²) in [6.45, 7) is 10.1. The van der Waals surface area contributed by atoms with Gasteiger partial charge in [-0.3, -0.25) is 4.79 Å². The topological polar surface area (TPSA) is 70.0 Å². The number of anilines is 2. The van der Waals surface area contributed by atoms with Gasteiger partial charge >= 0.3 is 0 Å². The van der Waals surface area contributed by atoms with Crippen LogP contribution in [0.1, 0.15) is 40.5 Å². The summed E-state index contributed by atoms with van der Waals surface area (Å²) >= 11 is 1.44. The number of hydrogen-bond donors (Lipinski definition) is 0. The second-order valence-corrected chi connectivity index (χ2v) is 11.0. The number of carbonyl (C=O) groups excluding carboxylic acids is 1. The molecule has 3 rings (SSSR count). The van der Waals surface area contributed by atoms with Crippen molar-refractivity contribution >= 4 is 44.0 Å². The maximum Gasteiger partial charge on any atom is 0.251 e. The van der Waals surface area contributed by atoms with Crippen molar-refractivity contribution in [3.63, 3.8) is 0 Å². The molecule has 2 atom stereocenters. The van der Waals surface area contributed by atoms with E-state index in [1.54, 1.807) is 0 Å². The lowest BCUT2D eigenvalue weighted by Crippen LogP contribution is -2.38. The molecule has 0 aromatic heterocycles. The third-order valence-corrected chi connectivity index (χ3v) is 9.07. The molecule has 0 radical (unpaired) electrons. The van der Waals surface area contributed by atoms with Crippen molar-refractivity contribution in [2.45, 2.75) is 51.8 Å². The van der Waals surface area contributed by atoms with E-state index in [0.717, 1.165) is 37.3 Å². The fraction of sp³-hybridized carbons (Fsp3) is 0.619. The molecule has 0 unspecified atom stereocenters. The molecule has 0 N–H and O–H groups in total. The highest BCUT2D eigenvalue weighted by Crippen LogP contribution is 2.41. The second-order valence-electron chi connectivity index (χ2n) is 7.61. The van der Waals surface area contributed by atoms with E-state index < -0.39 is 9.84 Å². The Morgan fingerprint density at radius 3 is 2.31 bits per heavy atom. The molecule has 2 aliphatic rings. The first-order valence-electron chi connectivity index (χ1n) is 10.5. The molecule has 2 aliphatic heterocycles. The van der Waals surface area contributed by atoms with Gasteiger partial charge in [-0.25, -0.2) is 8.42 Å². The molecule has 1 aromatic carbocycles. The highest BCUT2D eigenvalue weighted by Gasteiger charge is 2.49. The van der Waals surface area contributed by atoms with Crippen LogP contribution >= 0.6 is 11.8 Å². The van der Waals surface area contributed by atoms with Gasteiger partial charge < -0.3 is 9.80 Å². The van der Waals surface area contributed by atoms with Gasteiger partial charge in [0.2, 0.25) is 0 Å². The van der Waals surface area contributed by atoms with Crippen molar-refractivity contribution < 1.29 is 13.2 Å². The molecule has 160 valence electrons. The fourth-order valence-electron chi connectivity index (χ4n) is 4.10. The molecule has 0 bridgehead atoms. The third-order valence-electron chi connectivity index (χ3n) is 5.86. The van der Waals surface area contributed by atoms with Crippen molar-refractivity contribution in [2.24, 2.45) is 10.9 Å². The number of carbonyl (C=O) groups is 1. The lowest BCUT2D eigenvalue weighted by molar-refractivity contribution is -0.121. The Morgan fingerprint density at radius 1 is 1.14 bits per heavy atom. The molecule has 0 spiro atoms. The molecule has 1 amide bonds. The van der Waals surface area contributed by atoms with E-state index in [-0.39, 0.29) is 34.6 Å². The van der Waals surface area contributed by atoms with Gasteiger partial charge in [-0.05, 0) is 51.0 Å². The van der Waals surface area contributed by atoms with Gasteiger partial charge in [0.1, 0.15) is 0 Å². The van der Waals surface area contributed by atoms with Crippen LogP contribution in [0, 0.1) is 5.92 Å². The molecule has 0 aliphatic carbocycles. The molecule has 8 heteroatoms. The summed E-state index contributed by atoms with van der Waals surface area (Å²) in [5.74, 6) is 0.0686. The largest absolute Gasteiger partial charge is 0.372 e. The number of benzene rings is 1. The number of fused-ring (bicyclic) bond motifs is 1. The van der Waals surface area contributed by atoms with E-state index in [1.807, 2.05) is 30.9 Å². The van der Waals surface area contributed by atoms with Crippen LogP contribution in [0.5, 0.6) is 0 Å². The lowest BCUT2D eigenvalue weighted by atomic mass is 10.0. The van der Waals surface area contributed by atoms with E-state index in [9.17, 15) is 13.2 Å². The normalized spacial score (nSPS) is 24.3. The van der Waals surface area contributed by atoms with Crippen LogP contribution in [-0.4, -0.2) is 55.4 Å². The molecular formula is C21H31N3O3S2. The summed E-state index contributed by atoms with van der Waals surface area (Å²) in [6.07, 6.45) is 1.52. The predicted molar refractivity (Wildman–Crippen MR) is 123 cm³/mol. The Labute approximate surface area is 178 Å². The number of rotatable bonds is 7. The van der Waals surface area contributed by atoms with Crippen LogP contribution in [0.4, 0.5) is 11.4 Å². The molecule has 0 saturated carbocycles. The van der Waals surface area contributed by atoms with Crippen molar-refractivity contribution in [3.05, 3.63) is 24.3 Å². The minimum atomic E-state index is -3.06. The number of aliphatic imine (C=N–C) groups is 1.